The molecule has 1 saturated heterocycles. The molecule has 0 unspecified atom stereocenters. The molecule has 3 heterocycles. The van der Waals surface area contributed by atoms with Crippen molar-refractivity contribution in [1.29, 1.82) is 0 Å². The standard InChI is InChI=1S/C28H30Cl2N6O2S2/c1-31-40(38)32-18-22-26(28(37)34-35-15-5-2-6-16-35)33-36(24-13-10-20(29)17-23(24)30)27(22)25-14-12-21(39-25)11-9-19-7-3-4-8-19/h10,12-14,17,19H,2-8,15-16,18H2,1H3,(H,34,37)/p+2. The number of nitrogens with two attached hydrogens (primary N) is 1. The highest BCUT2D eigenvalue weighted by Gasteiger charge is 2.33. The summed E-state index contributed by atoms with van der Waals surface area (Å²) in [5, 5.41) is 7.75. The van der Waals surface area contributed by atoms with E-state index in [2.05, 4.69) is 20.8 Å². The molecule has 0 radical (unpaired) electrons. The zero-order chi connectivity index (χ0) is 28.1. The summed E-state index contributed by atoms with van der Waals surface area (Å²) in [5.41, 5.74) is 3.75. The van der Waals surface area contributed by atoms with Gasteiger partial charge in [0, 0.05) is 31.1 Å². The Bertz CT molecular complexity index is 1600. The van der Waals surface area contributed by atoms with Crippen molar-refractivity contribution in [2.75, 3.05) is 20.1 Å². The normalized spacial score (nSPS) is 16.0. The average molecular weight is 620 g/mol. The van der Waals surface area contributed by atoms with Gasteiger partial charge in [-0.3, -0.25) is 0 Å². The van der Waals surface area contributed by atoms with Crippen LogP contribution in [-0.4, -0.2) is 45.0 Å². The fraction of sp³-hybridized carbons (Fsp3) is 0.429. The number of halogens is 2. The van der Waals surface area contributed by atoms with Crippen molar-refractivity contribution in [3.63, 3.8) is 0 Å². The van der Waals surface area contributed by atoms with Gasteiger partial charge in [-0.25, -0.2) is 9.48 Å². The van der Waals surface area contributed by atoms with Crippen molar-refractivity contribution in [3.8, 4) is 28.1 Å². The van der Waals surface area contributed by atoms with Gasteiger partial charge in [0.1, 0.15) is 5.56 Å². The van der Waals surface area contributed by atoms with Crippen LogP contribution < -0.4 is 10.1 Å². The number of thiophene rings is 1. The van der Waals surface area contributed by atoms with E-state index in [1.807, 2.05) is 17.1 Å². The third-order valence-corrected chi connectivity index (χ3v) is 9.41. The second-order valence-corrected chi connectivity index (χ2v) is 13.0. The SMILES string of the molecule is CNS(=O)#[N+]Cc1c(C(=O)[NH2+]N2CCCCC2)nn(-c2ccc(Cl)cc2Cl)c1-c1ccc(C#CC2CCCC2)s1. The van der Waals surface area contributed by atoms with E-state index in [0.29, 0.717) is 32.9 Å². The number of quaternary nitrogens is 1. The largest absolute Gasteiger partial charge is 0.407 e. The first-order chi connectivity index (χ1) is 19.4. The Morgan fingerprint density at radius 3 is 2.67 bits per heavy atom. The first-order valence-electron chi connectivity index (χ1n) is 13.5. The fourth-order valence-electron chi connectivity index (χ4n) is 5.12. The summed E-state index contributed by atoms with van der Waals surface area (Å²) in [6.07, 6.45) is 8.04. The van der Waals surface area contributed by atoms with E-state index in [4.69, 9.17) is 28.3 Å². The Kier molecular flexibility index (Phi) is 9.79. The van der Waals surface area contributed by atoms with Crippen LogP contribution in [-0.2, 0) is 17.2 Å². The van der Waals surface area contributed by atoms with Crippen LogP contribution in [0.4, 0.5) is 0 Å². The first kappa shape index (κ1) is 29.1. The number of hydrogen-bond donors (Lipinski definition) is 2. The van der Waals surface area contributed by atoms with Crippen molar-refractivity contribution in [2.24, 2.45) is 5.92 Å². The lowest BCUT2D eigenvalue weighted by Crippen LogP contribution is -2.97. The minimum atomic E-state index is -1.62. The molecule has 5 rings (SSSR count). The maximum absolute atomic E-state index is 13.7. The molecule has 210 valence electrons. The van der Waals surface area contributed by atoms with Crippen LogP contribution in [0.25, 0.3) is 20.4 Å². The van der Waals surface area contributed by atoms with Gasteiger partial charge in [0.15, 0.2) is 0 Å². The summed E-state index contributed by atoms with van der Waals surface area (Å²) < 4.78 is 20.9. The lowest BCUT2D eigenvalue weighted by molar-refractivity contribution is -0.723. The van der Waals surface area contributed by atoms with Crippen LogP contribution >= 0.6 is 34.5 Å². The molecule has 12 heteroatoms. The van der Waals surface area contributed by atoms with Gasteiger partial charge in [0.25, 0.3) is 0 Å². The predicted octanol–water partition coefficient (Wildman–Crippen LogP) is 5.23. The van der Waals surface area contributed by atoms with Crippen molar-refractivity contribution < 1.29 is 14.4 Å². The summed E-state index contributed by atoms with van der Waals surface area (Å²) in [6, 6.07) is 9.16. The number of piperidine rings is 1. The molecule has 2 aromatic heterocycles. The van der Waals surface area contributed by atoms with Gasteiger partial charge >= 0.3 is 23.1 Å². The zero-order valence-corrected chi connectivity index (χ0v) is 25.4. The maximum Gasteiger partial charge on any atom is 0.407 e. The van der Waals surface area contributed by atoms with Crippen LogP contribution in [0.1, 0.15) is 65.9 Å². The minimum absolute atomic E-state index is 0.0316. The number of primary amides is 1. The van der Waals surface area contributed by atoms with E-state index in [9.17, 15) is 9.00 Å². The number of benzene rings is 1. The van der Waals surface area contributed by atoms with Crippen molar-refractivity contribution >= 4 is 51.1 Å². The number of carbonyl (C=O) groups is 1. The van der Waals surface area contributed by atoms with Crippen LogP contribution in [0.15, 0.2) is 30.3 Å². The molecule has 1 aromatic carbocycles. The second-order valence-electron chi connectivity index (χ2n) is 9.93. The number of hydrogen-bond acceptors (Lipinski definition) is 5. The van der Waals surface area contributed by atoms with Crippen molar-refractivity contribution in [3.05, 3.63) is 60.7 Å². The fourth-order valence-corrected chi connectivity index (χ4v) is 6.91. The van der Waals surface area contributed by atoms with Crippen molar-refractivity contribution in [2.45, 2.75) is 51.5 Å². The van der Waals surface area contributed by atoms with E-state index in [0.717, 1.165) is 54.9 Å². The van der Waals surface area contributed by atoms with Gasteiger partial charge in [-0.2, -0.15) is 20.3 Å². The van der Waals surface area contributed by atoms with Gasteiger partial charge in [0.2, 0.25) is 5.69 Å². The van der Waals surface area contributed by atoms with Gasteiger partial charge in [-0.15, -0.1) is 15.5 Å². The van der Waals surface area contributed by atoms with Crippen LogP contribution in [0.5, 0.6) is 0 Å². The lowest BCUT2D eigenvalue weighted by atomic mass is 10.1. The minimum Gasteiger partial charge on any atom is -0.229 e. The molecule has 8 nitrogen and oxygen atoms in total. The highest BCUT2D eigenvalue weighted by molar-refractivity contribution is 7.71. The Morgan fingerprint density at radius 2 is 1.95 bits per heavy atom. The van der Waals surface area contributed by atoms with Gasteiger partial charge in [0.05, 0.1) is 26.2 Å². The number of rotatable bonds is 5. The van der Waals surface area contributed by atoms with Gasteiger partial charge in [-0.05, 0) is 60.2 Å². The molecule has 0 atom stereocenters. The number of nitrogens with one attached hydrogen (secondary N) is 1. The highest BCUT2D eigenvalue weighted by Crippen LogP contribution is 2.37. The smallest absolute Gasteiger partial charge is 0.229 e. The number of carbonyl (C=O) groups excluding carboxylic acids is 1. The molecule has 3 N–H and O–H groups in total. The van der Waals surface area contributed by atoms with E-state index in [1.54, 1.807) is 35.4 Å². The van der Waals surface area contributed by atoms with E-state index < -0.39 is 10.6 Å². The van der Waals surface area contributed by atoms with Gasteiger partial charge < -0.3 is 0 Å². The highest BCUT2D eigenvalue weighted by atomic mass is 35.5. The van der Waals surface area contributed by atoms with Crippen LogP contribution in [0.3, 0.4) is 0 Å². The monoisotopic (exact) mass is 618 g/mol. The Labute approximate surface area is 250 Å². The van der Waals surface area contributed by atoms with E-state index >= 15 is 0 Å². The second kappa shape index (κ2) is 13.5. The summed E-state index contributed by atoms with van der Waals surface area (Å²) in [4.78, 5) is 15.5. The third kappa shape index (κ3) is 6.88. The quantitative estimate of drug-likeness (QED) is 0.303. The Morgan fingerprint density at radius 1 is 1.18 bits per heavy atom. The number of nitrogens with zero attached hydrogens (tertiary/aromatic N) is 4. The molecule has 3 aromatic rings. The number of aromatic nitrogens is 2. The van der Waals surface area contributed by atoms with Crippen LogP contribution in [0, 0.1) is 17.8 Å². The predicted molar refractivity (Wildman–Crippen MR) is 162 cm³/mol. The molecule has 1 aliphatic heterocycles. The molecule has 2 fully saturated rings. The first-order valence-corrected chi connectivity index (χ1v) is 16.2. The molecule has 1 saturated carbocycles. The topological polar surface area (TPSA) is 88.2 Å². The molecule has 40 heavy (non-hydrogen) atoms. The maximum atomic E-state index is 13.7. The van der Waals surface area contributed by atoms with E-state index in [1.165, 1.54) is 24.2 Å². The molecule has 0 spiro atoms. The summed E-state index contributed by atoms with van der Waals surface area (Å²) >= 11 is 14.4. The molecule has 1 amide bonds. The molecule has 0 bridgehead atoms. The number of amides is 1. The Hall–Kier alpha value is -2.45. The average Bonchev–Trinajstić information content (AvgIpc) is 3.71. The Balaban J connectivity index is 1.64. The molecular formula is C28H32Cl2N6O2S2+2. The molecule has 1 aliphatic carbocycles. The molecule has 2 aliphatic rings. The summed E-state index contributed by atoms with van der Waals surface area (Å²) in [7, 11) is -0.0469. The summed E-state index contributed by atoms with van der Waals surface area (Å²) in [5.74, 6) is 7.01. The van der Waals surface area contributed by atoms with Crippen LogP contribution in [0.2, 0.25) is 10.0 Å². The summed E-state index contributed by atoms with van der Waals surface area (Å²) in [6.45, 7) is 1.70. The lowest BCUT2D eigenvalue weighted by Gasteiger charge is -2.21. The third-order valence-electron chi connectivity index (χ3n) is 7.15. The van der Waals surface area contributed by atoms with E-state index in [-0.39, 0.29) is 18.1 Å². The zero-order valence-electron chi connectivity index (χ0n) is 22.3. The van der Waals surface area contributed by atoms with Gasteiger partial charge in [-0.1, -0.05) is 54.3 Å². The molecular weight excluding hydrogens is 587 g/mol. The van der Waals surface area contributed by atoms with Crippen molar-refractivity contribution in [1.82, 2.24) is 19.5 Å².